The van der Waals surface area contributed by atoms with Crippen LogP contribution in [0.25, 0.3) is 0 Å². The van der Waals surface area contributed by atoms with E-state index in [-0.39, 0.29) is 5.41 Å². The molecular weight excluding hydrogens is 306 g/mol. The second-order valence-corrected chi connectivity index (χ2v) is 8.75. The summed E-state index contributed by atoms with van der Waals surface area (Å²) in [5.41, 5.74) is -0.647. The number of carbonyl (C=O) groups excluding carboxylic acids is 1. The average Bonchev–Trinajstić information content (AvgIpc) is 2.86. The maximum absolute atomic E-state index is 13.1. The Morgan fingerprint density at radius 1 is 1.38 bits per heavy atom. The molecule has 21 heavy (non-hydrogen) atoms. The summed E-state index contributed by atoms with van der Waals surface area (Å²) in [6, 6.07) is 0. The van der Waals surface area contributed by atoms with E-state index in [2.05, 4.69) is 4.74 Å². The molecule has 0 saturated heterocycles. The third-order valence-electron chi connectivity index (χ3n) is 5.39. The molecule has 1 N–H and O–H groups in total. The summed E-state index contributed by atoms with van der Waals surface area (Å²) in [4.78, 5) is 12.1. The molecule has 1 spiro atoms. The van der Waals surface area contributed by atoms with Gasteiger partial charge < -0.3 is 4.74 Å². The Bertz CT molecular complexity index is 589. The van der Waals surface area contributed by atoms with Gasteiger partial charge in [-0.25, -0.2) is 0 Å². The Balaban J connectivity index is 1.66. The van der Waals surface area contributed by atoms with Crippen LogP contribution in [0.5, 0.6) is 0 Å². The van der Waals surface area contributed by atoms with Crippen LogP contribution < -0.4 is 0 Å². The molecule has 0 radical (unpaired) electrons. The Morgan fingerprint density at radius 2 is 2.05 bits per heavy atom. The molecule has 0 aliphatic heterocycles. The summed E-state index contributed by atoms with van der Waals surface area (Å²) in [5, 5.41) is -4.47. The zero-order valence-corrected chi connectivity index (χ0v) is 12.5. The molecule has 5 nitrogen and oxygen atoms in total. The molecule has 0 aromatic rings. The molecule has 0 heterocycles. The largest absolute Gasteiger partial charge is 0.458 e. The molecule has 0 aromatic carbocycles. The van der Waals surface area contributed by atoms with Gasteiger partial charge in [0.2, 0.25) is 0 Å². The monoisotopic (exact) mass is 324 g/mol. The molecule has 120 valence electrons. The van der Waals surface area contributed by atoms with Crippen molar-refractivity contribution < 1.29 is 31.3 Å². The van der Waals surface area contributed by atoms with Crippen molar-refractivity contribution in [3.8, 4) is 0 Å². The van der Waals surface area contributed by atoms with Gasteiger partial charge in [0.15, 0.2) is 6.61 Å². The third kappa shape index (κ3) is 2.36. The highest BCUT2D eigenvalue weighted by Crippen LogP contribution is 2.74. The van der Waals surface area contributed by atoms with Crippen molar-refractivity contribution in [2.24, 2.45) is 22.7 Å². The summed E-state index contributed by atoms with van der Waals surface area (Å²) < 4.78 is 60.2. The van der Waals surface area contributed by atoms with E-state index in [0.29, 0.717) is 24.7 Å². The lowest BCUT2D eigenvalue weighted by Crippen LogP contribution is -2.41. The van der Waals surface area contributed by atoms with Crippen molar-refractivity contribution in [1.82, 2.24) is 0 Å². The summed E-state index contributed by atoms with van der Waals surface area (Å²) in [5.74, 6) is 0.288. The molecule has 3 rings (SSSR count). The second-order valence-electron chi connectivity index (χ2n) is 7.20. The molecule has 8 heteroatoms. The van der Waals surface area contributed by atoms with Crippen LogP contribution in [-0.4, -0.2) is 30.8 Å². The van der Waals surface area contributed by atoms with E-state index in [0.717, 1.165) is 19.3 Å². The molecule has 3 fully saturated rings. The van der Waals surface area contributed by atoms with Gasteiger partial charge in [0.25, 0.3) is 0 Å². The highest BCUT2D eigenvalue weighted by atomic mass is 32.2. The molecule has 4 unspecified atom stereocenters. The normalized spacial score (nSPS) is 41.5. The number of carbonyl (C=O) groups is 1. The van der Waals surface area contributed by atoms with Gasteiger partial charge in [-0.1, -0.05) is 0 Å². The van der Waals surface area contributed by atoms with Crippen LogP contribution in [0.15, 0.2) is 0 Å². The highest BCUT2D eigenvalue weighted by molar-refractivity contribution is 7.86. The van der Waals surface area contributed by atoms with Crippen molar-refractivity contribution >= 4 is 16.1 Å². The summed E-state index contributed by atoms with van der Waals surface area (Å²) in [6.45, 7) is 0.0664. The molecule has 0 aromatic heterocycles. The molecule has 3 aliphatic rings. The van der Waals surface area contributed by atoms with Gasteiger partial charge in [-0.2, -0.15) is 17.2 Å². The molecule has 4 atom stereocenters. The van der Waals surface area contributed by atoms with E-state index in [9.17, 15) is 22.0 Å². The van der Waals surface area contributed by atoms with Gasteiger partial charge in [0.1, 0.15) is 0 Å². The van der Waals surface area contributed by atoms with Crippen molar-refractivity contribution in [2.75, 3.05) is 6.61 Å². The number of hydrogen-bond acceptors (Lipinski definition) is 4. The van der Waals surface area contributed by atoms with Crippen LogP contribution in [0.3, 0.4) is 0 Å². The molecule has 3 aliphatic carbocycles. The summed E-state index contributed by atoms with van der Waals surface area (Å²) in [6.07, 6.45) is 4.50. The zero-order valence-electron chi connectivity index (χ0n) is 11.6. The van der Waals surface area contributed by atoms with Gasteiger partial charge in [0.05, 0.1) is 5.41 Å². The fourth-order valence-electron chi connectivity index (χ4n) is 4.56. The minimum atomic E-state index is -5.57. The molecule has 2 bridgehead atoms. The minimum absolute atomic E-state index is 0.183. The Hall–Kier alpha value is -0.760. The summed E-state index contributed by atoms with van der Waals surface area (Å²) in [7, 11) is -5.57. The van der Waals surface area contributed by atoms with E-state index in [1.165, 1.54) is 0 Å². The Morgan fingerprint density at radius 3 is 2.62 bits per heavy atom. The van der Waals surface area contributed by atoms with Crippen LogP contribution in [0.2, 0.25) is 0 Å². The maximum Gasteiger partial charge on any atom is 0.402 e. The van der Waals surface area contributed by atoms with E-state index in [1.54, 1.807) is 6.92 Å². The number of alkyl halides is 2. The van der Waals surface area contributed by atoms with Gasteiger partial charge in [-0.15, -0.1) is 0 Å². The van der Waals surface area contributed by atoms with Crippen molar-refractivity contribution in [1.29, 1.82) is 0 Å². The number of fused-ring (bicyclic) bond motifs is 1. The van der Waals surface area contributed by atoms with Gasteiger partial charge in [-0.3, -0.25) is 9.35 Å². The van der Waals surface area contributed by atoms with E-state index < -0.39 is 33.4 Å². The zero-order chi connectivity index (χ0) is 15.7. The van der Waals surface area contributed by atoms with Crippen LogP contribution in [-0.2, 0) is 19.6 Å². The number of esters is 1. The number of halogens is 2. The van der Waals surface area contributed by atoms with Gasteiger partial charge in [0, 0.05) is 0 Å². The predicted molar refractivity (Wildman–Crippen MR) is 68.1 cm³/mol. The van der Waals surface area contributed by atoms with Crippen LogP contribution in [0, 0.1) is 22.7 Å². The SMILES string of the molecule is CC1(C(=O)OCC(F)(F)S(=O)(=O)O)CC2CC3CC3(C2)C1. The molecule has 3 saturated carbocycles. The quantitative estimate of drug-likeness (QED) is 0.633. The number of ether oxygens (including phenoxy) is 1. The van der Waals surface area contributed by atoms with E-state index in [1.807, 2.05) is 0 Å². The predicted octanol–water partition coefficient (Wildman–Crippen LogP) is 2.23. The Kier molecular flexibility index (Phi) is 3.00. The van der Waals surface area contributed by atoms with Crippen LogP contribution in [0.4, 0.5) is 8.78 Å². The first kappa shape index (κ1) is 15.1. The standard InChI is InChI=1S/C13H18F2O5S/c1-11(3-8-2-9-5-12(9,4-8)6-11)10(16)20-7-13(14,15)21(17,18)19/h8-9H,2-7H2,1H3,(H,17,18,19). The fraction of sp³-hybridized carbons (Fsp3) is 0.923. The van der Waals surface area contributed by atoms with Crippen molar-refractivity contribution in [3.63, 3.8) is 0 Å². The fourth-order valence-corrected chi connectivity index (χ4v) is 4.77. The second kappa shape index (κ2) is 4.16. The minimum Gasteiger partial charge on any atom is -0.458 e. The Labute approximate surface area is 121 Å². The molecule has 0 amide bonds. The van der Waals surface area contributed by atoms with Crippen LogP contribution >= 0.6 is 0 Å². The van der Waals surface area contributed by atoms with Crippen molar-refractivity contribution in [2.45, 2.75) is 44.3 Å². The maximum atomic E-state index is 13.1. The van der Waals surface area contributed by atoms with E-state index in [4.69, 9.17) is 4.55 Å². The first-order valence-corrected chi connectivity index (χ1v) is 8.44. The lowest BCUT2D eigenvalue weighted by atomic mass is 9.67. The lowest BCUT2D eigenvalue weighted by Gasteiger charge is -2.38. The van der Waals surface area contributed by atoms with Crippen LogP contribution in [0.1, 0.15) is 39.0 Å². The average molecular weight is 324 g/mol. The molecular formula is C13H18F2O5S. The lowest BCUT2D eigenvalue weighted by molar-refractivity contribution is -0.165. The van der Waals surface area contributed by atoms with Gasteiger partial charge >= 0.3 is 21.3 Å². The topological polar surface area (TPSA) is 80.7 Å². The summed E-state index contributed by atoms with van der Waals surface area (Å²) >= 11 is 0. The first-order chi connectivity index (χ1) is 9.48. The highest BCUT2D eigenvalue weighted by Gasteiger charge is 2.66. The smallest absolute Gasteiger partial charge is 0.402 e. The van der Waals surface area contributed by atoms with Gasteiger partial charge in [-0.05, 0) is 56.3 Å². The van der Waals surface area contributed by atoms with E-state index >= 15 is 0 Å². The number of hydrogen-bond donors (Lipinski definition) is 1. The van der Waals surface area contributed by atoms with Crippen molar-refractivity contribution in [3.05, 3.63) is 0 Å². The number of rotatable bonds is 4. The first-order valence-electron chi connectivity index (χ1n) is 7.00. The third-order valence-corrected chi connectivity index (χ3v) is 6.27.